The Kier molecular flexibility index (Phi) is 6.82. The molecule has 160 valence electrons. The number of aryl methyl sites for hydroxylation is 1. The fourth-order valence-electron chi connectivity index (χ4n) is 3.06. The maximum absolute atomic E-state index is 13.2. The number of hydrazone groups is 1. The maximum atomic E-state index is 13.2. The fraction of sp³-hybridized carbons (Fsp3) is 0.0833. The van der Waals surface area contributed by atoms with Crippen LogP contribution in [0.5, 0.6) is 0 Å². The molecule has 32 heavy (non-hydrogen) atoms. The molecule has 0 aliphatic carbocycles. The number of hydrogen-bond acceptors (Lipinski definition) is 5. The van der Waals surface area contributed by atoms with Crippen LogP contribution in [0.4, 0.5) is 0 Å². The zero-order valence-corrected chi connectivity index (χ0v) is 19.6. The summed E-state index contributed by atoms with van der Waals surface area (Å²) in [5.41, 5.74) is 5.59. The number of nitrogens with one attached hydrogen (secondary N) is 1. The minimum absolute atomic E-state index is 0.0620. The minimum Gasteiger partial charge on any atom is -0.272 e. The van der Waals surface area contributed by atoms with Crippen molar-refractivity contribution in [3.05, 3.63) is 98.7 Å². The highest BCUT2D eigenvalue weighted by Crippen LogP contribution is 2.21. The van der Waals surface area contributed by atoms with Gasteiger partial charge >= 0.3 is 0 Å². The molecule has 0 aliphatic heterocycles. The molecule has 3 aromatic carbocycles. The Bertz CT molecular complexity index is 1370. The van der Waals surface area contributed by atoms with Gasteiger partial charge in [-0.25, -0.2) is 10.4 Å². The molecule has 6 nitrogen and oxygen atoms in total. The van der Waals surface area contributed by atoms with Gasteiger partial charge in [-0.3, -0.25) is 14.2 Å². The average Bonchev–Trinajstić information content (AvgIpc) is 2.79. The predicted octanol–water partition coefficient (Wildman–Crippen LogP) is 4.70. The Morgan fingerprint density at radius 1 is 1.12 bits per heavy atom. The second-order valence-electron chi connectivity index (χ2n) is 7.02. The molecule has 0 saturated heterocycles. The summed E-state index contributed by atoms with van der Waals surface area (Å²) in [6.45, 7) is 1.99. The summed E-state index contributed by atoms with van der Waals surface area (Å²) in [5, 5.41) is 4.98. The lowest BCUT2D eigenvalue weighted by Crippen LogP contribution is -2.24. The van der Waals surface area contributed by atoms with Crippen molar-refractivity contribution >= 4 is 50.7 Å². The van der Waals surface area contributed by atoms with Gasteiger partial charge in [0.15, 0.2) is 5.16 Å². The van der Waals surface area contributed by atoms with Crippen LogP contribution >= 0.6 is 27.7 Å². The number of carbonyl (C=O) groups excluding carboxylic acids is 1. The van der Waals surface area contributed by atoms with Crippen molar-refractivity contribution in [3.8, 4) is 5.69 Å². The summed E-state index contributed by atoms with van der Waals surface area (Å²) < 4.78 is 2.48. The number of rotatable bonds is 6. The van der Waals surface area contributed by atoms with E-state index in [2.05, 4.69) is 31.4 Å². The van der Waals surface area contributed by atoms with E-state index in [-0.39, 0.29) is 17.2 Å². The molecule has 0 aliphatic rings. The van der Waals surface area contributed by atoms with Gasteiger partial charge in [-0.05, 0) is 48.9 Å². The lowest BCUT2D eigenvalue weighted by Gasteiger charge is -2.13. The van der Waals surface area contributed by atoms with E-state index in [4.69, 9.17) is 0 Å². The number of para-hydroxylation sites is 1. The van der Waals surface area contributed by atoms with Crippen molar-refractivity contribution in [2.24, 2.45) is 5.10 Å². The number of fused-ring (bicyclic) bond motifs is 1. The van der Waals surface area contributed by atoms with E-state index in [9.17, 15) is 9.59 Å². The van der Waals surface area contributed by atoms with E-state index in [1.165, 1.54) is 11.8 Å². The van der Waals surface area contributed by atoms with E-state index in [1.807, 2.05) is 67.6 Å². The van der Waals surface area contributed by atoms with Crippen LogP contribution in [0.1, 0.15) is 11.1 Å². The zero-order chi connectivity index (χ0) is 22.5. The van der Waals surface area contributed by atoms with Crippen molar-refractivity contribution in [3.63, 3.8) is 0 Å². The van der Waals surface area contributed by atoms with Gasteiger partial charge in [0.25, 0.3) is 11.5 Å². The van der Waals surface area contributed by atoms with Gasteiger partial charge < -0.3 is 0 Å². The summed E-state index contributed by atoms with van der Waals surface area (Å²) in [4.78, 5) is 30.2. The Hall–Kier alpha value is -3.23. The van der Waals surface area contributed by atoms with E-state index < -0.39 is 0 Å². The van der Waals surface area contributed by atoms with Gasteiger partial charge in [0, 0.05) is 4.47 Å². The second kappa shape index (κ2) is 9.93. The number of amides is 1. The van der Waals surface area contributed by atoms with E-state index in [0.29, 0.717) is 21.7 Å². The van der Waals surface area contributed by atoms with Crippen LogP contribution in [0.15, 0.2) is 92.3 Å². The average molecular weight is 507 g/mol. The standard InChI is InChI=1S/C24H19BrN4O2S/c1-16-9-11-19(12-10-16)29-23(31)20-7-2-3-8-21(20)27-24(29)32-15-22(30)28-26-14-17-5-4-6-18(25)13-17/h2-14H,15H2,1H3,(H,28,30)/b26-14-. The van der Waals surface area contributed by atoms with Gasteiger partial charge in [0.05, 0.1) is 28.6 Å². The summed E-state index contributed by atoms with van der Waals surface area (Å²) in [6, 6.07) is 22.4. The van der Waals surface area contributed by atoms with Crippen molar-refractivity contribution in [2.75, 3.05) is 5.75 Å². The van der Waals surface area contributed by atoms with Crippen molar-refractivity contribution in [1.29, 1.82) is 0 Å². The van der Waals surface area contributed by atoms with Gasteiger partial charge in [-0.2, -0.15) is 5.10 Å². The molecular weight excluding hydrogens is 488 g/mol. The molecule has 1 amide bonds. The summed E-state index contributed by atoms with van der Waals surface area (Å²) in [7, 11) is 0. The van der Waals surface area contributed by atoms with E-state index in [1.54, 1.807) is 22.9 Å². The molecule has 0 saturated carbocycles. The van der Waals surface area contributed by atoms with Crippen LogP contribution in [-0.4, -0.2) is 27.4 Å². The first-order chi connectivity index (χ1) is 15.5. The molecule has 4 aromatic rings. The highest BCUT2D eigenvalue weighted by atomic mass is 79.9. The van der Waals surface area contributed by atoms with E-state index in [0.717, 1.165) is 15.6 Å². The predicted molar refractivity (Wildman–Crippen MR) is 133 cm³/mol. The van der Waals surface area contributed by atoms with Gasteiger partial charge in [0.2, 0.25) is 0 Å². The molecule has 0 unspecified atom stereocenters. The van der Waals surface area contributed by atoms with Crippen LogP contribution in [-0.2, 0) is 4.79 Å². The lowest BCUT2D eigenvalue weighted by atomic mass is 10.2. The molecule has 4 rings (SSSR count). The summed E-state index contributed by atoms with van der Waals surface area (Å²) in [6.07, 6.45) is 1.57. The normalized spacial score (nSPS) is 11.2. The summed E-state index contributed by atoms with van der Waals surface area (Å²) >= 11 is 4.59. The molecule has 1 N–H and O–H groups in total. The van der Waals surface area contributed by atoms with Gasteiger partial charge in [-0.1, -0.05) is 69.7 Å². The molecule has 8 heteroatoms. The van der Waals surface area contributed by atoms with Gasteiger partial charge in [0.1, 0.15) is 0 Å². The molecule has 1 heterocycles. The Labute approximate surface area is 197 Å². The molecule has 0 radical (unpaired) electrons. The highest BCUT2D eigenvalue weighted by Gasteiger charge is 2.14. The molecular formula is C24H19BrN4O2S. The third kappa shape index (κ3) is 5.15. The number of benzene rings is 3. The molecule has 0 atom stereocenters. The Balaban J connectivity index is 1.56. The lowest BCUT2D eigenvalue weighted by molar-refractivity contribution is -0.118. The highest BCUT2D eigenvalue weighted by molar-refractivity contribution is 9.10. The largest absolute Gasteiger partial charge is 0.272 e. The first kappa shape index (κ1) is 22.0. The van der Waals surface area contributed by atoms with Crippen molar-refractivity contribution in [1.82, 2.24) is 15.0 Å². The topological polar surface area (TPSA) is 76.3 Å². The van der Waals surface area contributed by atoms with Crippen LogP contribution in [0.2, 0.25) is 0 Å². The number of aromatic nitrogens is 2. The first-order valence-corrected chi connectivity index (χ1v) is 11.6. The third-order valence-electron chi connectivity index (χ3n) is 4.62. The number of carbonyl (C=O) groups is 1. The number of hydrogen-bond donors (Lipinski definition) is 1. The summed E-state index contributed by atoms with van der Waals surface area (Å²) in [5.74, 6) is -0.231. The number of halogens is 1. The third-order valence-corrected chi connectivity index (χ3v) is 6.05. The van der Waals surface area contributed by atoms with Gasteiger partial charge in [-0.15, -0.1) is 0 Å². The number of thioether (sulfide) groups is 1. The molecule has 1 aromatic heterocycles. The molecule has 0 spiro atoms. The maximum Gasteiger partial charge on any atom is 0.266 e. The monoisotopic (exact) mass is 506 g/mol. The van der Waals surface area contributed by atoms with Crippen LogP contribution in [0.25, 0.3) is 16.6 Å². The zero-order valence-electron chi connectivity index (χ0n) is 17.2. The van der Waals surface area contributed by atoms with Crippen LogP contribution < -0.4 is 11.0 Å². The molecule has 0 fully saturated rings. The molecule has 0 bridgehead atoms. The smallest absolute Gasteiger partial charge is 0.266 e. The van der Waals surface area contributed by atoms with Crippen LogP contribution in [0, 0.1) is 6.92 Å². The fourth-order valence-corrected chi connectivity index (χ4v) is 4.28. The Morgan fingerprint density at radius 3 is 2.69 bits per heavy atom. The Morgan fingerprint density at radius 2 is 1.91 bits per heavy atom. The second-order valence-corrected chi connectivity index (χ2v) is 8.88. The van der Waals surface area contributed by atoms with Crippen molar-refractivity contribution < 1.29 is 4.79 Å². The first-order valence-electron chi connectivity index (χ1n) is 9.80. The van der Waals surface area contributed by atoms with E-state index >= 15 is 0 Å². The number of nitrogens with zero attached hydrogens (tertiary/aromatic N) is 3. The minimum atomic E-state index is -0.292. The quantitative estimate of drug-likeness (QED) is 0.178. The van der Waals surface area contributed by atoms with Crippen molar-refractivity contribution in [2.45, 2.75) is 12.1 Å². The SMILES string of the molecule is Cc1ccc(-n2c(SCC(=O)N/N=C\c3cccc(Br)c3)nc3ccccc3c2=O)cc1. The van der Waals surface area contributed by atoms with Crippen LogP contribution in [0.3, 0.4) is 0 Å².